The first kappa shape index (κ1) is 9.72. The molecule has 0 fully saturated rings. The van der Waals surface area contributed by atoms with Crippen LogP contribution in [0, 0.1) is 0 Å². The fourth-order valence-corrected chi connectivity index (χ4v) is 1.88. The number of nitrogens with zero attached hydrogens (tertiary/aromatic N) is 5. The monoisotopic (exact) mass is 273 g/mol. The smallest absolute Gasteiger partial charge is 0.0958 e. The van der Waals surface area contributed by atoms with E-state index < -0.39 is 0 Å². The maximum Gasteiger partial charge on any atom is 0.0958 e. The highest BCUT2D eigenvalue weighted by atomic mass is 79.9. The van der Waals surface area contributed by atoms with Crippen LogP contribution in [0.15, 0.2) is 12.4 Å². The van der Waals surface area contributed by atoms with Gasteiger partial charge in [-0.3, -0.25) is 0 Å². The first-order valence-electron chi connectivity index (χ1n) is 4.06. The Kier molecular flexibility index (Phi) is 2.87. The molecule has 1 unspecified atom stereocenters. The van der Waals surface area contributed by atoms with Crippen molar-refractivity contribution in [1.29, 1.82) is 0 Å². The van der Waals surface area contributed by atoms with Gasteiger partial charge in [-0.2, -0.15) is 8.75 Å². The van der Waals surface area contributed by atoms with Gasteiger partial charge in [0.2, 0.25) is 0 Å². The maximum absolute atomic E-state index is 4.12. The largest absolute Gasteiger partial charge is 0.242 e. The average molecular weight is 274 g/mol. The predicted octanol–water partition coefficient (Wildman–Crippen LogP) is 1.63. The predicted molar refractivity (Wildman–Crippen MR) is 56.4 cm³/mol. The summed E-state index contributed by atoms with van der Waals surface area (Å²) in [5, 5.41) is 7.85. The van der Waals surface area contributed by atoms with E-state index in [1.54, 1.807) is 12.4 Å². The summed E-state index contributed by atoms with van der Waals surface area (Å²) in [7, 11) is 0. The summed E-state index contributed by atoms with van der Waals surface area (Å²) in [6.07, 6.45) is 3.49. The number of hydrogen-bond acceptors (Lipinski definition) is 5. The van der Waals surface area contributed by atoms with Crippen molar-refractivity contribution in [2.45, 2.75) is 18.3 Å². The van der Waals surface area contributed by atoms with Gasteiger partial charge in [-0.1, -0.05) is 21.1 Å². The van der Waals surface area contributed by atoms with Crippen molar-refractivity contribution in [2.24, 2.45) is 0 Å². The Morgan fingerprint density at radius 3 is 3.07 bits per heavy atom. The molecule has 0 saturated carbocycles. The zero-order chi connectivity index (χ0) is 9.97. The Morgan fingerprint density at radius 1 is 1.57 bits per heavy atom. The zero-order valence-corrected chi connectivity index (χ0v) is 9.86. The summed E-state index contributed by atoms with van der Waals surface area (Å²) >= 11 is 4.68. The molecule has 1 atom stereocenters. The van der Waals surface area contributed by atoms with Crippen LogP contribution in [-0.4, -0.2) is 23.7 Å². The third kappa shape index (κ3) is 1.98. The first-order chi connectivity index (χ1) is 6.77. The highest BCUT2D eigenvalue weighted by Gasteiger charge is 2.10. The van der Waals surface area contributed by atoms with Gasteiger partial charge in [-0.05, 0) is 6.92 Å². The van der Waals surface area contributed by atoms with Gasteiger partial charge >= 0.3 is 0 Å². The van der Waals surface area contributed by atoms with Crippen LogP contribution >= 0.6 is 27.7 Å². The molecule has 5 nitrogen and oxygen atoms in total. The van der Waals surface area contributed by atoms with E-state index >= 15 is 0 Å². The Balaban J connectivity index is 2.21. The second-order valence-corrected chi connectivity index (χ2v) is 4.76. The Hall–Kier alpha value is -0.820. The minimum Gasteiger partial charge on any atom is -0.242 e. The second kappa shape index (κ2) is 4.14. The molecule has 7 heteroatoms. The van der Waals surface area contributed by atoms with Gasteiger partial charge in [0.1, 0.15) is 0 Å². The number of hydrogen-bond donors (Lipinski definition) is 0. The molecule has 2 aromatic heterocycles. The normalized spacial score (nSPS) is 13.0. The minimum atomic E-state index is 0.240. The number of alkyl halides is 1. The lowest BCUT2D eigenvalue weighted by molar-refractivity contribution is 0.614. The van der Waals surface area contributed by atoms with E-state index in [4.69, 9.17) is 0 Å². The SMILES string of the molecule is CC(Br)c1cnnn1Cc1cnsn1. The van der Waals surface area contributed by atoms with Gasteiger partial charge in [0.15, 0.2) is 0 Å². The third-order valence-corrected chi connectivity index (χ3v) is 2.76. The highest BCUT2D eigenvalue weighted by Crippen LogP contribution is 2.20. The number of aromatic nitrogens is 5. The lowest BCUT2D eigenvalue weighted by Crippen LogP contribution is -2.06. The van der Waals surface area contributed by atoms with E-state index in [2.05, 4.69) is 35.0 Å². The van der Waals surface area contributed by atoms with E-state index in [0.717, 1.165) is 11.4 Å². The Labute approximate surface area is 93.6 Å². The molecule has 0 radical (unpaired) electrons. The molecule has 0 aliphatic rings. The van der Waals surface area contributed by atoms with Crippen molar-refractivity contribution in [3.8, 4) is 0 Å². The number of halogens is 1. The molecule has 14 heavy (non-hydrogen) atoms. The van der Waals surface area contributed by atoms with Crippen molar-refractivity contribution < 1.29 is 0 Å². The molecule has 74 valence electrons. The summed E-state index contributed by atoms with van der Waals surface area (Å²) in [5.74, 6) is 0. The molecule has 0 saturated heterocycles. The van der Waals surface area contributed by atoms with Crippen LogP contribution in [0.3, 0.4) is 0 Å². The van der Waals surface area contributed by atoms with Crippen molar-refractivity contribution in [2.75, 3.05) is 0 Å². The molecule has 0 aromatic carbocycles. The van der Waals surface area contributed by atoms with Crippen molar-refractivity contribution in [1.82, 2.24) is 23.7 Å². The van der Waals surface area contributed by atoms with E-state index in [1.165, 1.54) is 11.7 Å². The fourth-order valence-electron chi connectivity index (χ4n) is 1.10. The highest BCUT2D eigenvalue weighted by molar-refractivity contribution is 9.09. The summed E-state index contributed by atoms with van der Waals surface area (Å²) in [6.45, 7) is 2.66. The molecule has 0 bridgehead atoms. The third-order valence-electron chi connectivity index (χ3n) is 1.77. The molecule has 0 aliphatic heterocycles. The van der Waals surface area contributed by atoms with E-state index in [0.29, 0.717) is 6.54 Å². The van der Waals surface area contributed by atoms with E-state index in [-0.39, 0.29) is 4.83 Å². The molecular weight excluding hydrogens is 266 g/mol. The van der Waals surface area contributed by atoms with Crippen LogP contribution in [-0.2, 0) is 6.54 Å². The van der Waals surface area contributed by atoms with Crippen molar-refractivity contribution in [3.05, 3.63) is 23.8 Å². The van der Waals surface area contributed by atoms with E-state index in [1.807, 2.05) is 11.6 Å². The maximum atomic E-state index is 4.12. The number of rotatable bonds is 3. The summed E-state index contributed by atoms with van der Waals surface area (Å²) in [4.78, 5) is 0.240. The van der Waals surface area contributed by atoms with Gasteiger partial charge in [0.25, 0.3) is 0 Å². The Morgan fingerprint density at radius 2 is 2.43 bits per heavy atom. The van der Waals surface area contributed by atoms with Crippen LogP contribution in [0.25, 0.3) is 0 Å². The topological polar surface area (TPSA) is 56.5 Å². The summed E-state index contributed by atoms with van der Waals surface area (Å²) in [5.41, 5.74) is 1.95. The molecule has 0 aliphatic carbocycles. The van der Waals surface area contributed by atoms with Gasteiger partial charge < -0.3 is 0 Å². The second-order valence-electron chi connectivity index (χ2n) is 2.83. The van der Waals surface area contributed by atoms with Gasteiger partial charge in [0, 0.05) is 0 Å². The fraction of sp³-hybridized carbons (Fsp3) is 0.429. The standard InChI is InChI=1S/C7H8BrN5S/c1-5(8)7-3-9-12-13(7)4-6-2-10-14-11-6/h2-3,5H,4H2,1H3. The quantitative estimate of drug-likeness (QED) is 0.798. The minimum absolute atomic E-state index is 0.240. The lowest BCUT2D eigenvalue weighted by atomic mass is 10.3. The molecule has 2 aromatic rings. The summed E-state index contributed by atoms with van der Waals surface area (Å²) < 4.78 is 9.87. The molecule has 0 N–H and O–H groups in total. The van der Waals surface area contributed by atoms with Gasteiger partial charge in [0.05, 0.1) is 46.9 Å². The average Bonchev–Trinajstić information content (AvgIpc) is 2.75. The van der Waals surface area contributed by atoms with Crippen LogP contribution in [0.2, 0.25) is 0 Å². The Bertz CT molecular complexity index is 396. The van der Waals surface area contributed by atoms with Crippen LogP contribution < -0.4 is 0 Å². The molecular formula is C7H8BrN5S. The van der Waals surface area contributed by atoms with Crippen molar-refractivity contribution in [3.63, 3.8) is 0 Å². The molecule has 2 rings (SSSR count). The van der Waals surface area contributed by atoms with Crippen LogP contribution in [0.4, 0.5) is 0 Å². The first-order valence-corrected chi connectivity index (χ1v) is 5.71. The summed E-state index contributed by atoms with van der Waals surface area (Å²) in [6, 6.07) is 0. The molecule has 0 amide bonds. The van der Waals surface area contributed by atoms with Gasteiger partial charge in [-0.25, -0.2) is 4.68 Å². The lowest BCUT2D eigenvalue weighted by Gasteiger charge is -2.04. The van der Waals surface area contributed by atoms with Crippen molar-refractivity contribution >= 4 is 27.7 Å². The molecule has 0 spiro atoms. The zero-order valence-electron chi connectivity index (χ0n) is 7.46. The van der Waals surface area contributed by atoms with Crippen LogP contribution in [0.1, 0.15) is 23.1 Å². The van der Waals surface area contributed by atoms with Crippen LogP contribution in [0.5, 0.6) is 0 Å². The van der Waals surface area contributed by atoms with E-state index in [9.17, 15) is 0 Å². The van der Waals surface area contributed by atoms with Gasteiger partial charge in [-0.15, -0.1) is 5.10 Å². The molecule has 2 heterocycles.